The van der Waals surface area contributed by atoms with Gasteiger partial charge in [-0.05, 0) is 50.6 Å². The van der Waals surface area contributed by atoms with E-state index in [1.165, 1.54) is 17.7 Å². The molecule has 10 nitrogen and oxygen atoms in total. The van der Waals surface area contributed by atoms with Crippen molar-refractivity contribution in [3.8, 4) is 5.75 Å². The first-order valence-electron chi connectivity index (χ1n) is 11.9. The van der Waals surface area contributed by atoms with Crippen LogP contribution in [0.2, 0.25) is 0 Å². The molecule has 1 spiro atoms. The molecular formula is C25H27N3O7S. The van der Waals surface area contributed by atoms with Crippen LogP contribution in [0.1, 0.15) is 47.2 Å². The van der Waals surface area contributed by atoms with Gasteiger partial charge < -0.3 is 15.0 Å². The number of rotatable bonds is 2. The van der Waals surface area contributed by atoms with Crippen molar-refractivity contribution in [1.82, 2.24) is 15.5 Å². The van der Waals surface area contributed by atoms with Crippen LogP contribution in [-0.4, -0.2) is 61.3 Å². The van der Waals surface area contributed by atoms with Crippen molar-refractivity contribution in [1.29, 1.82) is 0 Å². The van der Waals surface area contributed by atoms with Gasteiger partial charge in [-0.1, -0.05) is 24.3 Å². The second-order valence-corrected chi connectivity index (χ2v) is 10.9. The number of imide groups is 1. The third-order valence-electron chi connectivity index (χ3n) is 7.33. The van der Waals surface area contributed by atoms with Gasteiger partial charge in [0.1, 0.15) is 11.8 Å². The van der Waals surface area contributed by atoms with E-state index in [0.717, 1.165) is 37.2 Å². The highest BCUT2D eigenvalue weighted by molar-refractivity contribution is 7.85. The monoisotopic (exact) mass is 513 g/mol. The Kier molecular flexibility index (Phi) is 6.31. The summed E-state index contributed by atoms with van der Waals surface area (Å²) in [6.07, 6.45) is 2.71. The summed E-state index contributed by atoms with van der Waals surface area (Å²) in [5, 5.41) is 5.74. The van der Waals surface area contributed by atoms with Crippen molar-refractivity contribution in [3.05, 3.63) is 59.2 Å². The van der Waals surface area contributed by atoms with Gasteiger partial charge in [0.2, 0.25) is 11.8 Å². The Morgan fingerprint density at radius 2 is 1.75 bits per heavy atom. The number of fused-ring (bicyclic) bond motifs is 4. The summed E-state index contributed by atoms with van der Waals surface area (Å²) in [5.74, 6) is 0.0435. The highest BCUT2D eigenvalue weighted by atomic mass is 32.2. The van der Waals surface area contributed by atoms with Gasteiger partial charge in [0.15, 0.2) is 0 Å². The molecule has 0 aromatic heterocycles. The normalized spacial score (nSPS) is 22.3. The zero-order valence-corrected chi connectivity index (χ0v) is 20.3. The number of hydrogen-bond donors (Lipinski definition) is 3. The summed E-state index contributed by atoms with van der Waals surface area (Å²) in [4.78, 5) is 38.0. The number of piperidine rings is 2. The number of carbonyl (C=O) groups excluding carboxylic acids is 3. The van der Waals surface area contributed by atoms with Crippen LogP contribution in [0.3, 0.4) is 0 Å². The third kappa shape index (κ3) is 4.38. The lowest BCUT2D eigenvalue weighted by Gasteiger charge is -2.32. The van der Waals surface area contributed by atoms with E-state index in [0.29, 0.717) is 25.1 Å². The summed E-state index contributed by atoms with van der Waals surface area (Å²) < 4.78 is 35.3. The summed E-state index contributed by atoms with van der Waals surface area (Å²) in [7, 11) is -4.00. The summed E-state index contributed by atoms with van der Waals surface area (Å²) in [6.45, 7) is 2.98. The van der Waals surface area contributed by atoms with E-state index in [4.69, 9.17) is 9.29 Å². The Morgan fingerprint density at radius 3 is 2.39 bits per heavy atom. The number of benzene rings is 2. The summed E-state index contributed by atoms with van der Waals surface area (Å²) in [6, 6.07) is 10.8. The Labute approximate surface area is 208 Å². The van der Waals surface area contributed by atoms with Gasteiger partial charge in [-0.2, -0.15) is 8.42 Å². The van der Waals surface area contributed by atoms with Crippen molar-refractivity contribution in [2.75, 3.05) is 19.7 Å². The van der Waals surface area contributed by atoms with E-state index in [1.54, 1.807) is 23.1 Å². The molecule has 1 unspecified atom stereocenters. The minimum absolute atomic E-state index is 0.0424. The van der Waals surface area contributed by atoms with Gasteiger partial charge in [0, 0.05) is 28.5 Å². The van der Waals surface area contributed by atoms with Gasteiger partial charge in [-0.15, -0.1) is 0 Å². The average Bonchev–Trinajstić information content (AvgIpc) is 3.38. The SMILES string of the molecule is O=C1CCC(N2Cc3c(ccc4c3OCC43CCNCC3)C2=O)C(=O)N1.O=S(=O)(O)c1ccccc1. The van der Waals surface area contributed by atoms with Gasteiger partial charge >= 0.3 is 0 Å². The molecule has 3 N–H and O–H groups in total. The molecule has 0 radical (unpaired) electrons. The maximum Gasteiger partial charge on any atom is 0.294 e. The van der Waals surface area contributed by atoms with Crippen LogP contribution in [0, 0.1) is 0 Å². The second kappa shape index (κ2) is 9.30. The van der Waals surface area contributed by atoms with Crippen LogP contribution < -0.4 is 15.4 Å². The van der Waals surface area contributed by atoms with E-state index in [2.05, 4.69) is 10.6 Å². The lowest BCUT2D eigenvalue weighted by atomic mass is 9.74. The van der Waals surface area contributed by atoms with Crippen molar-refractivity contribution in [2.45, 2.75) is 48.6 Å². The largest absolute Gasteiger partial charge is 0.492 e. The van der Waals surface area contributed by atoms with E-state index in [9.17, 15) is 22.8 Å². The Hall–Kier alpha value is -3.28. The molecule has 6 rings (SSSR count). The Morgan fingerprint density at radius 1 is 1.03 bits per heavy atom. The van der Waals surface area contributed by atoms with Crippen molar-refractivity contribution >= 4 is 27.8 Å². The maximum atomic E-state index is 12.9. The Balaban J connectivity index is 0.000000226. The van der Waals surface area contributed by atoms with Crippen LogP contribution in [0.15, 0.2) is 47.4 Å². The fourth-order valence-corrected chi connectivity index (χ4v) is 5.90. The van der Waals surface area contributed by atoms with Crippen LogP contribution in [0.5, 0.6) is 5.75 Å². The second-order valence-electron chi connectivity index (χ2n) is 9.48. The first kappa shape index (κ1) is 24.4. The molecule has 2 aromatic rings. The van der Waals surface area contributed by atoms with Gasteiger partial charge in [0.05, 0.1) is 18.0 Å². The number of ether oxygens (including phenoxy) is 1. The molecule has 190 valence electrons. The zero-order valence-electron chi connectivity index (χ0n) is 19.5. The number of carbonyl (C=O) groups is 3. The lowest BCUT2D eigenvalue weighted by Crippen LogP contribution is -2.52. The quantitative estimate of drug-likeness (QED) is 0.404. The molecular weight excluding hydrogens is 486 g/mol. The molecule has 0 aliphatic carbocycles. The summed E-state index contributed by atoms with van der Waals surface area (Å²) >= 11 is 0. The van der Waals surface area contributed by atoms with Gasteiger partial charge in [-0.3, -0.25) is 24.3 Å². The zero-order chi connectivity index (χ0) is 25.5. The molecule has 36 heavy (non-hydrogen) atoms. The maximum absolute atomic E-state index is 12.9. The standard InChI is InChI=1S/C19H21N3O4.C6H6O3S/c23-15-4-3-14(17(24)21-15)22-9-12-11(18(22)25)1-2-13-16(12)26-10-19(13)5-7-20-8-6-19;7-10(8,9)6-4-2-1-3-5-6/h1-2,14,20H,3-10H2,(H,21,23,24);1-5H,(H,7,8,9). The van der Waals surface area contributed by atoms with Crippen molar-refractivity contribution in [2.24, 2.45) is 0 Å². The molecule has 0 saturated carbocycles. The number of hydrogen-bond acceptors (Lipinski definition) is 7. The average molecular weight is 514 g/mol. The fourth-order valence-electron chi connectivity index (χ4n) is 5.40. The minimum Gasteiger partial charge on any atom is -0.492 e. The van der Waals surface area contributed by atoms with Crippen LogP contribution in [0.25, 0.3) is 0 Å². The lowest BCUT2D eigenvalue weighted by molar-refractivity contribution is -0.136. The molecule has 2 saturated heterocycles. The molecule has 4 aliphatic rings. The van der Waals surface area contributed by atoms with Crippen LogP contribution >= 0.6 is 0 Å². The molecule has 11 heteroatoms. The smallest absolute Gasteiger partial charge is 0.294 e. The topological polar surface area (TPSA) is 142 Å². The third-order valence-corrected chi connectivity index (χ3v) is 8.20. The molecule has 2 fully saturated rings. The van der Waals surface area contributed by atoms with E-state index >= 15 is 0 Å². The van der Waals surface area contributed by atoms with E-state index in [1.807, 2.05) is 12.1 Å². The molecule has 4 heterocycles. The highest BCUT2D eigenvalue weighted by Crippen LogP contribution is 2.48. The molecule has 2 aromatic carbocycles. The predicted molar refractivity (Wildman–Crippen MR) is 128 cm³/mol. The number of nitrogens with zero attached hydrogens (tertiary/aromatic N) is 1. The molecule has 1 atom stereocenters. The molecule has 3 amide bonds. The van der Waals surface area contributed by atoms with Crippen LogP contribution in [-0.2, 0) is 31.7 Å². The van der Waals surface area contributed by atoms with E-state index in [-0.39, 0.29) is 34.5 Å². The fraction of sp³-hybridized carbons (Fsp3) is 0.400. The molecule has 0 bridgehead atoms. The van der Waals surface area contributed by atoms with Gasteiger partial charge in [0.25, 0.3) is 16.0 Å². The van der Waals surface area contributed by atoms with Gasteiger partial charge in [-0.25, -0.2) is 0 Å². The van der Waals surface area contributed by atoms with Crippen molar-refractivity contribution < 1.29 is 32.1 Å². The Bertz CT molecular complexity index is 1320. The van der Waals surface area contributed by atoms with Crippen molar-refractivity contribution in [3.63, 3.8) is 0 Å². The number of nitrogens with one attached hydrogen (secondary N) is 2. The van der Waals surface area contributed by atoms with E-state index < -0.39 is 16.2 Å². The first-order chi connectivity index (χ1) is 17.2. The predicted octanol–water partition coefficient (Wildman–Crippen LogP) is 1.39. The highest BCUT2D eigenvalue weighted by Gasteiger charge is 2.46. The number of amides is 3. The summed E-state index contributed by atoms with van der Waals surface area (Å²) in [5.41, 5.74) is 2.77. The van der Waals surface area contributed by atoms with Crippen LogP contribution in [0.4, 0.5) is 0 Å². The molecule has 4 aliphatic heterocycles. The minimum atomic E-state index is -4.00. The first-order valence-corrected chi connectivity index (χ1v) is 13.3.